The normalized spacial score (nSPS) is 27.3. The Morgan fingerprint density at radius 3 is 2.55 bits per heavy atom. The quantitative estimate of drug-likeness (QED) is 0.917. The summed E-state index contributed by atoms with van der Waals surface area (Å²) >= 11 is 6.18. The monoisotopic (exact) mass is 315 g/mol. The van der Waals surface area contributed by atoms with Crippen LogP contribution in [-0.2, 0) is 9.84 Å². The highest BCUT2D eigenvalue weighted by Gasteiger charge is 2.25. The van der Waals surface area contributed by atoms with E-state index in [1.165, 1.54) is 19.1 Å². The van der Waals surface area contributed by atoms with Gasteiger partial charge in [-0.05, 0) is 49.3 Å². The molecule has 0 heterocycles. The van der Waals surface area contributed by atoms with E-state index in [1.54, 1.807) is 18.2 Å². The van der Waals surface area contributed by atoms with Crippen LogP contribution in [0.3, 0.4) is 0 Å². The van der Waals surface area contributed by atoms with Gasteiger partial charge in [0.25, 0.3) is 0 Å². The van der Waals surface area contributed by atoms with Crippen LogP contribution in [0.4, 0.5) is 5.69 Å². The van der Waals surface area contributed by atoms with Crippen molar-refractivity contribution >= 4 is 27.1 Å². The predicted octanol–water partition coefficient (Wildman–Crippen LogP) is 3.98. The molecule has 1 saturated carbocycles. The van der Waals surface area contributed by atoms with Crippen molar-refractivity contribution in [2.45, 2.75) is 44.0 Å². The lowest BCUT2D eigenvalue weighted by Gasteiger charge is -2.34. The van der Waals surface area contributed by atoms with Crippen molar-refractivity contribution < 1.29 is 8.42 Å². The molecule has 0 radical (unpaired) electrons. The first-order valence-electron chi connectivity index (χ1n) is 7.03. The predicted molar refractivity (Wildman–Crippen MR) is 84.2 cm³/mol. The number of rotatable bonds is 3. The van der Waals surface area contributed by atoms with Crippen molar-refractivity contribution in [2.24, 2.45) is 11.8 Å². The van der Waals surface area contributed by atoms with Gasteiger partial charge in [-0.15, -0.1) is 0 Å². The molecule has 112 valence electrons. The van der Waals surface area contributed by atoms with Gasteiger partial charge < -0.3 is 5.32 Å². The van der Waals surface area contributed by atoms with Crippen LogP contribution in [0.15, 0.2) is 23.1 Å². The number of hydrogen-bond acceptors (Lipinski definition) is 3. The number of nitrogens with one attached hydrogen (secondary N) is 1. The van der Waals surface area contributed by atoms with Crippen LogP contribution in [-0.4, -0.2) is 20.7 Å². The maximum Gasteiger partial charge on any atom is 0.175 e. The fourth-order valence-corrected chi connectivity index (χ4v) is 3.74. The van der Waals surface area contributed by atoms with Crippen LogP contribution < -0.4 is 5.32 Å². The molecule has 0 aromatic heterocycles. The maximum absolute atomic E-state index is 11.6. The van der Waals surface area contributed by atoms with Crippen LogP contribution >= 0.6 is 11.6 Å². The average Bonchev–Trinajstić information content (AvgIpc) is 2.33. The van der Waals surface area contributed by atoms with Crippen LogP contribution in [0, 0.1) is 11.8 Å². The lowest BCUT2D eigenvalue weighted by molar-refractivity contribution is 0.276. The molecule has 3 atom stereocenters. The van der Waals surface area contributed by atoms with Gasteiger partial charge in [0, 0.05) is 12.3 Å². The number of halogens is 1. The zero-order chi connectivity index (χ0) is 14.9. The van der Waals surface area contributed by atoms with Gasteiger partial charge in [0.2, 0.25) is 0 Å². The molecule has 2 rings (SSSR count). The maximum atomic E-state index is 11.6. The SMILES string of the molecule is CC1CCC(Nc2cc(S(C)(=O)=O)ccc2Cl)C(C)C1. The zero-order valence-corrected chi connectivity index (χ0v) is 13.8. The summed E-state index contributed by atoms with van der Waals surface area (Å²) in [6.45, 7) is 4.52. The molecule has 1 aliphatic carbocycles. The Morgan fingerprint density at radius 1 is 1.25 bits per heavy atom. The second-order valence-electron chi connectivity index (χ2n) is 6.06. The Hall–Kier alpha value is -0.740. The fourth-order valence-electron chi connectivity index (χ4n) is 2.93. The summed E-state index contributed by atoms with van der Waals surface area (Å²) in [5.41, 5.74) is 0.723. The largest absolute Gasteiger partial charge is 0.381 e. The highest BCUT2D eigenvalue weighted by Crippen LogP contribution is 2.33. The molecule has 1 aromatic rings. The summed E-state index contributed by atoms with van der Waals surface area (Å²) < 4.78 is 23.3. The second-order valence-corrected chi connectivity index (χ2v) is 8.48. The minimum atomic E-state index is -3.20. The van der Waals surface area contributed by atoms with E-state index in [0.29, 0.717) is 21.9 Å². The van der Waals surface area contributed by atoms with Gasteiger partial charge in [-0.3, -0.25) is 0 Å². The first-order valence-corrected chi connectivity index (χ1v) is 9.30. The summed E-state index contributed by atoms with van der Waals surface area (Å²) in [6, 6.07) is 5.20. The van der Waals surface area contributed by atoms with Crippen molar-refractivity contribution in [2.75, 3.05) is 11.6 Å². The van der Waals surface area contributed by atoms with E-state index in [4.69, 9.17) is 11.6 Å². The van der Waals surface area contributed by atoms with E-state index < -0.39 is 9.84 Å². The third-order valence-corrected chi connectivity index (χ3v) is 5.58. The fraction of sp³-hybridized carbons (Fsp3) is 0.600. The van der Waals surface area contributed by atoms with Crippen molar-refractivity contribution in [3.05, 3.63) is 23.2 Å². The summed E-state index contributed by atoms with van der Waals surface area (Å²) in [7, 11) is -3.20. The van der Waals surface area contributed by atoms with Gasteiger partial charge in [0.1, 0.15) is 0 Å². The van der Waals surface area contributed by atoms with E-state index >= 15 is 0 Å². The standard InChI is InChI=1S/C15H22ClNO2S/c1-10-4-7-14(11(2)8-10)17-15-9-12(20(3,18)19)5-6-13(15)16/h5-6,9-11,14,17H,4,7-8H2,1-3H3. The van der Waals surface area contributed by atoms with E-state index in [-0.39, 0.29) is 0 Å². The third kappa shape index (κ3) is 3.67. The van der Waals surface area contributed by atoms with E-state index in [1.807, 2.05) is 0 Å². The van der Waals surface area contributed by atoms with Crippen molar-refractivity contribution in [3.8, 4) is 0 Å². The topological polar surface area (TPSA) is 46.2 Å². The van der Waals surface area contributed by atoms with Crippen molar-refractivity contribution in [3.63, 3.8) is 0 Å². The highest BCUT2D eigenvalue weighted by molar-refractivity contribution is 7.90. The second kappa shape index (κ2) is 5.94. The van der Waals surface area contributed by atoms with Crippen LogP contribution in [0.1, 0.15) is 33.1 Å². The smallest absolute Gasteiger partial charge is 0.175 e. The molecular formula is C15H22ClNO2S. The Labute approximate surface area is 126 Å². The first-order chi connectivity index (χ1) is 9.27. The number of sulfone groups is 1. The van der Waals surface area contributed by atoms with Crippen LogP contribution in [0.25, 0.3) is 0 Å². The molecular weight excluding hydrogens is 294 g/mol. The van der Waals surface area contributed by atoms with Crippen LogP contribution in [0.5, 0.6) is 0 Å². The molecule has 0 saturated heterocycles. The molecule has 1 aliphatic rings. The highest BCUT2D eigenvalue weighted by atomic mass is 35.5. The Balaban J connectivity index is 2.21. The van der Waals surface area contributed by atoms with Crippen molar-refractivity contribution in [1.82, 2.24) is 0 Å². The number of hydrogen-bond donors (Lipinski definition) is 1. The van der Waals surface area contributed by atoms with Crippen molar-refractivity contribution in [1.29, 1.82) is 0 Å². The van der Waals surface area contributed by atoms with Gasteiger partial charge >= 0.3 is 0 Å². The molecule has 1 aromatic carbocycles. The third-order valence-electron chi connectivity index (χ3n) is 4.14. The summed E-state index contributed by atoms with van der Waals surface area (Å²) in [5.74, 6) is 1.33. The molecule has 5 heteroatoms. The summed E-state index contributed by atoms with van der Waals surface area (Å²) in [6.07, 6.45) is 4.71. The Bertz CT molecular complexity index is 586. The molecule has 1 fully saturated rings. The van der Waals surface area contributed by atoms with E-state index in [9.17, 15) is 8.42 Å². The van der Waals surface area contributed by atoms with Gasteiger partial charge in [-0.1, -0.05) is 25.4 Å². The Kier molecular flexibility index (Phi) is 4.65. The molecule has 0 spiro atoms. The minimum absolute atomic E-state index is 0.307. The van der Waals surface area contributed by atoms with Gasteiger partial charge in [0.05, 0.1) is 15.6 Å². The molecule has 3 nitrogen and oxygen atoms in total. The molecule has 0 amide bonds. The molecule has 3 unspecified atom stereocenters. The van der Waals surface area contributed by atoms with Gasteiger partial charge in [-0.25, -0.2) is 8.42 Å². The van der Waals surface area contributed by atoms with Crippen LogP contribution in [0.2, 0.25) is 5.02 Å². The summed E-state index contributed by atoms with van der Waals surface area (Å²) in [5, 5.41) is 4.01. The average molecular weight is 316 g/mol. The van der Waals surface area contributed by atoms with E-state index in [2.05, 4.69) is 19.2 Å². The van der Waals surface area contributed by atoms with Gasteiger partial charge in [0.15, 0.2) is 9.84 Å². The number of benzene rings is 1. The summed E-state index contributed by atoms with van der Waals surface area (Å²) in [4.78, 5) is 0.307. The number of anilines is 1. The van der Waals surface area contributed by atoms with Gasteiger partial charge in [-0.2, -0.15) is 0 Å². The molecule has 1 N–H and O–H groups in total. The molecule has 0 bridgehead atoms. The molecule has 20 heavy (non-hydrogen) atoms. The zero-order valence-electron chi connectivity index (χ0n) is 12.2. The van der Waals surface area contributed by atoms with E-state index in [0.717, 1.165) is 18.0 Å². The molecule has 0 aliphatic heterocycles. The first kappa shape index (κ1) is 15.6. The minimum Gasteiger partial charge on any atom is -0.381 e. The lowest BCUT2D eigenvalue weighted by Crippen LogP contribution is -2.33. The Morgan fingerprint density at radius 2 is 1.95 bits per heavy atom. The lowest BCUT2D eigenvalue weighted by atomic mass is 9.80.